The Morgan fingerprint density at radius 3 is 2.65 bits per heavy atom. The number of carbonyl (C=O) groups excluding carboxylic acids is 2. The normalized spacial score (nSPS) is 16.3. The maximum Gasteiger partial charge on any atom is 0.354 e. The number of benzene rings is 2. The molecule has 3 rings (SSSR count). The number of primary amides is 1. The van der Waals surface area contributed by atoms with Crippen LogP contribution in [-0.2, 0) is 20.9 Å². The number of nitrogens with zero attached hydrogens (tertiary/aromatic N) is 2. The van der Waals surface area contributed by atoms with Gasteiger partial charge in [-0.05, 0) is 42.0 Å². The minimum Gasteiger partial charge on any atom is -0.456 e. The van der Waals surface area contributed by atoms with Gasteiger partial charge in [0.25, 0.3) is 0 Å². The molecule has 1 aliphatic heterocycles. The quantitative estimate of drug-likeness (QED) is 0.814. The molecule has 6 nitrogen and oxygen atoms in total. The second-order valence-corrected chi connectivity index (χ2v) is 6.13. The number of halogens is 2. The Bertz CT molecular complexity index is 870. The number of hydrogen-bond acceptors (Lipinski definition) is 5. The van der Waals surface area contributed by atoms with E-state index in [1.54, 1.807) is 24.3 Å². The average Bonchev–Trinajstić information content (AvgIpc) is 3.06. The van der Waals surface area contributed by atoms with Gasteiger partial charge in [0.2, 0.25) is 5.91 Å². The molecule has 26 heavy (non-hydrogen) atoms. The number of esters is 1. The van der Waals surface area contributed by atoms with Crippen molar-refractivity contribution in [3.05, 3.63) is 64.9 Å². The number of hydrazone groups is 1. The molecular formula is C18H15ClFN3O3. The first-order valence-electron chi connectivity index (χ1n) is 7.77. The Kier molecular flexibility index (Phi) is 5.18. The third kappa shape index (κ3) is 4.00. The molecule has 8 heteroatoms. The molecule has 134 valence electrons. The Hall–Kier alpha value is -2.93. The van der Waals surface area contributed by atoms with Crippen molar-refractivity contribution in [2.24, 2.45) is 10.8 Å². The number of amides is 1. The van der Waals surface area contributed by atoms with Crippen LogP contribution < -0.4 is 10.7 Å². The summed E-state index contributed by atoms with van der Waals surface area (Å²) in [7, 11) is 0. The molecule has 2 N–H and O–H groups in total. The maximum atomic E-state index is 13.1. The molecule has 0 saturated heterocycles. The Labute approximate surface area is 154 Å². The van der Waals surface area contributed by atoms with Crippen molar-refractivity contribution in [3.8, 4) is 0 Å². The van der Waals surface area contributed by atoms with Gasteiger partial charge in [-0.3, -0.25) is 9.80 Å². The van der Waals surface area contributed by atoms with Crippen molar-refractivity contribution in [2.45, 2.75) is 19.1 Å². The molecule has 0 aliphatic carbocycles. The lowest BCUT2D eigenvalue weighted by atomic mass is 10.1. The predicted molar refractivity (Wildman–Crippen MR) is 95.2 cm³/mol. The van der Waals surface area contributed by atoms with Crippen LogP contribution in [0.15, 0.2) is 53.6 Å². The summed E-state index contributed by atoms with van der Waals surface area (Å²) in [5.41, 5.74) is 6.65. The smallest absolute Gasteiger partial charge is 0.354 e. The summed E-state index contributed by atoms with van der Waals surface area (Å²) in [6.45, 7) is 0.0240. The van der Waals surface area contributed by atoms with Gasteiger partial charge in [-0.2, -0.15) is 5.10 Å². The van der Waals surface area contributed by atoms with Crippen LogP contribution in [0.3, 0.4) is 0 Å². The zero-order valence-corrected chi connectivity index (χ0v) is 14.3. The fourth-order valence-electron chi connectivity index (χ4n) is 2.55. The highest BCUT2D eigenvalue weighted by molar-refractivity contribution is 6.38. The molecule has 1 amide bonds. The van der Waals surface area contributed by atoms with E-state index in [-0.39, 0.29) is 18.7 Å². The first-order valence-corrected chi connectivity index (χ1v) is 8.15. The van der Waals surface area contributed by atoms with Crippen molar-refractivity contribution < 1.29 is 18.7 Å². The second-order valence-electron chi connectivity index (χ2n) is 5.70. The topological polar surface area (TPSA) is 85.0 Å². The van der Waals surface area contributed by atoms with Crippen LogP contribution in [0, 0.1) is 5.82 Å². The van der Waals surface area contributed by atoms with E-state index in [9.17, 15) is 14.0 Å². The molecule has 0 spiro atoms. The van der Waals surface area contributed by atoms with Crippen molar-refractivity contribution in [1.29, 1.82) is 0 Å². The molecule has 0 saturated carbocycles. The van der Waals surface area contributed by atoms with Gasteiger partial charge in [0.15, 0.2) is 0 Å². The summed E-state index contributed by atoms with van der Waals surface area (Å²) < 4.78 is 18.3. The Morgan fingerprint density at radius 1 is 1.27 bits per heavy atom. The van der Waals surface area contributed by atoms with Crippen LogP contribution >= 0.6 is 11.6 Å². The molecule has 2 aromatic carbocycles. The molecular weight excluding hydrogens is 361 g/mol. The molecule has 2 aromatic rings. The van der Waals surface area contributed by atoms with Gasteiger partial charge >= 0.3 is 5.97 Å². The summed E-state index contributed by atoms with van der Waals surface area (Å²) in [4.78, 5) is 24.0. The lowest BCUT2D eigenvalue weighted by molar-refractivity contribution is -0.136. The van der Waals surface area contributed by atoms with Gasteiger partial charge in [0.05, 0.1) is 5.69 Å². The van der Waals surface area contributed by atoms with E-state index < -0.39 is 23.7 Å². The van der Waals surface area contributed by atoms with Crippen molar-refractivity contribution in [2.75, 3.05) is 5.01 Å². The first-order chi connectivity index (χ1) is 12.4. The molecule has 0 bridgehead atoms. The highest BCUT2D eigenvalue weighted by atomic mass is 35.5. The highest BCUT2D eigenvalue weighted by Crippen LogP contribution is 2.25. The number of carbonyl (C=O) groups is 2. The zero-order chi connectivity index (χ0) is 18.7. The number of ether oxygens (including phenoxy) is 1. The molecule has 0 radical (unpaired) electrons. The second kappa shape index (κ2) is 7.53. The molecule has 0 fully saturated rings. The van der Waals surface area contributed by atoms with Crippen molar-refractivity contribution in [1.82, 2.24) is 0 Å². The molecule has 1 aliphatic rings. The van der Waals surface area contributed by atoms with Gasteiger partial charge in [-0.1, -0.05) is 23.7 Å². The van der Waals surface area contributed by atoms with Crippen LogP contribution in [0.4, 0.5) is 10.1 Å². The zero-order valence-electron chi connectivity index (χ0n) is 13.6. The van der Waals surface area contributed by atoms with Crippen LogP contribution in [0.2, 0.25) is 5.02 Å². The molecule has 1 heterocycles. The molecule has 0 aromatic heterocycles. The van der Waals surface area contributed by atoms with Gasteiger partial charge in [0, 0.05) is 11.4 Å². The van der Waals surface area contributed by atoms with E-state index in [0.717, 1.165) is 5.56 Å². The predicted octanol–water partition coefficient (Wildman–Crippen LogP) is 2.64. The highest BCUT2D eigenvalue weighted by Gasteiger charge is 2.35. The minimum absolute atomic E-state index is 0.0150. The van der Waals surface area contributed by atoms with Crippen LogP contribution in [0.1, 0.15) is 12.0 Å². The van der Waals surface area contributed by atoms with Crippen molar-refractivity contribution in [3.63, 3.8) is 0 Å². The standard InChI is InChI=1S/C18H15ClFN3O3/c19-12-3-1-2-11(8-12)10-26-18(25)15-9-16(17(21)24)23(22-15)14-6-4-13(20)5-7-14/h1-8,16H,9-10H2,(H2,21,24). The van der Waals surface area contributed by atoms with E-state index in [1.165, 1.54) is 29.3 Å². The summed E-state index contributed by atoms with van der Waals surface area (Å²) in [6.07, 6.45) is 0.0150. The van der Waals surface area contributed by atoms with E-state index >= 15 is 0 Å². The minimum atomic E-state index is -0.839. The van der Waals surface area contributed by atoms with Gasteiger partial charge in [0.1, 0.15) is 24.2 Å². The molecule has 1 atom stereocenters. The van der Waals surface area contributed by atoms with Crippen LogP contribution in [0.5, 0.6) is 0 Å². The summed E-state index contributed by atoms with van der Waals surface area (Å²) in [5, 5.41) is 5.99. The van der Waals surface area contributed by atoms with E-state index in [2.05, 4.69) is 5.10 Å². The van der Waals surface area contributed by atoms with Crippen LogP contribution in [-0.4, -0.2) is 23.6 Å². The number of nitrogens with two attached hydrogens (primary N) is 1. The number of hydrogen-bond donors (Lipinski definition) is 1. The van der Waals surface area contributed by atoms with Gasteiger partial charge in [-0.25, -0.2) is 9.18 Å². The monoisotopic (exact) mass is 375 g/mol. The van der Waals surface area contributed by atoms with Crippen molar-refractivity contribution >= 4 is 34.9 Å². The first kappa shape index (κ1) is 17.9. The number of anilines is 1. The third-order valence-electron chi connectivity index (χ3n) is 3.82. The van der Waals surface area contributed by atoms with Gasteiger partial charge < -0.3 is 10.5 Å². The molecule has 1 unspecified atom stereocenters. The van der Waals surface area contributed by atoms with E-state index in [4.69, 9.17) is 22.1 Å². The lowest BCUT2D eigenvalue weighted by Gasteiger charge is -2.20. The fraction of sp³-hybridized carbons (Fsp3) is 0.167. The fourth-order valence-corrected chi connectivity index (χ4v) is 2.76. The van der Waals surface area contributed by atoms with Crippen LogP contribution in [0.25, 0.3) is 0 Å². The summed E-state index contributed by atoms with van der Waals surface area (Å²) >= 11 is 5.89. The van der Waals surface area contributed by atoms with Gasteiger partial charge in [-0.15, -0.1) is 0 Å². The lowest BCUT2D eigenvalue weighted by Crippen LogP contribution is -2.39. The number of rotatable bonds is 5. The Morgan fingerprint density at radius 2 is 2.00 bits per heavy atom. The Balaban J connectivity index is 1.74. The summed E-state index contributed by atoms with van der Waals surface area (Å²) in [6, 6.07) is 11.5. The average molecular weight is 376 g/mol. The third-order valence-corrected chi connectivity index (χ3v) is 4.06. The SMILES string of the molecule is NC(=O)C1CC(C(=O)OCc2cccc(Cl)c2)=NN1c1ccc(F)cc1. The van der Waals surface area contributed by atoms with E-state index in [1.807, 2.05) is 0 Å². The summed E-state index contributed by atoms with van der Waals surface area (Å²) in [5.74, 6) is -1.72. The maximum absolute atomic E-state index is 13.1. The largest absolute Gasteiger partial charge is 0.456 e. The van der Waals surface area contributed by atoms with E-state index in [0.29, 0.717) is 10.7 Å².